The molecule has 4 rings (SSSR count). The molecular weight excluding hydrogens is 342 g/mol. The standard InChI is InChI=1S/C17H21N3O4S/c1-23-13-6-8-14(9-7-13)25(21,22)20-17(10-2-3-11-17)16-18-15(24-19-16)12-4-5-12/h6-9,12,20H,2-5,10-11H2,1H3. The first-order chi connectivity index (χ1) is 12.0. The second-order valence-electron chi connectivity index (χ2n) is 6.80. The number of hydrogen-bond donors (Lipinski definition) is 1. The first-order valence-electron chi connectivity index (χ1n) is 8.55. The van der Waals surface area contributed by atoms with Gasteiger partial charge in [-0.05, 0) is 49.9 Å². The van der Waals surface area contributed by atoms with Gasteiger partial charge in [0.05, 0.1) is 17.5 Å². The van der Waals surface area contributed by atoms with Crippen molar-refractivity contribution in [3.8, 4) is 5.75 Å². The van der Waals surface area contributed by atoms with Crippen LogP contribution in [-0.4, -0.2) is 25.7 Å². The summed E-state index contributed by atoms with van der Waals surface area (Å²) in [5.41, 5.74) is -0.782. The van der Waals surface area contributed by atoms with Crippen LogP contribution in [0.15, 0.2) is 33.7 Å². The number of benzene rings is 1. The molecule has 2 aliphatic rings. The van der Waals surface area contributed by atoms with Crippen LogP contribution in [0.3, 0.4) is 0 Å². The molecule has 25 heavy (non-hydrogen) atoms. The van der Waals surface area contributed by atoms with Gasteiger partial charge in [0.1, 0.15) is 5.75 Å². The Morgan fingerprint density at radius 1 is 1.20 bits per heavy atom. The smallest absolute Gasteiger partial charge is 0.241 e. The zero-order valence-electron chi connectivity index (χ0n) is 14.1. The quantitative estimate of drug-likeness (QED) is 0.848. The molecule has 2 fully saturated rings. The summed E-state index contributed by atoms with van der Waals surface area (Å²) in [7, 11) is -2.15. The van der Waals surface area contributed by atoms with Crippen molar-refractivity contribution in [1.82, 2.24) is 14.9 Å². The number of ether oxygens (including phenoxy) is 1. The molecule has 134 valence electrons. The third-order valence-electron chi connectivity index (χ3n) is 4.95. The molecule has 0 unspecified atom stereocenters. The summed E-state index contributed by atoms with van der Waals surface area (Å²) in [5, 5.41) is 4.10. The van der Waals surface area contributed by atoms with Crippen molar-refractivity contribution in [2.24, 2.45) is 0 Å². The van der Waals surface area contributed by atoms with Crippen LogP contribution in [0.1, 0.15) is 56.2 Å². The van der Waals surface area contributed by atoms with Gasteiger partial charge in [0.15, 0.2) is 5.82 Å². The third-order valence-corrected chi connectivity index (χ3v) is 6.51. The second-order valence-corrected chi connectivity index (χ2v) is 8.48. The maximum atomic E-state index is 12.9. The minimum atomic E-state index is -3.70. The topological polar surface area (TPSA) is 94.3 Å². The number of hydrogen-bond acceptors (Lipinski definition) is 6. The van der Waals surface area contributed by atoms with Crippen LogP contribution in [-0.2, 0) is 15.6 Å². The van der Waals surface area contributed by atoms with Crippen molar-refractivity contribution in [3.05, 3.63) is 36.0 Å². The molecule has 1 N–H and O–H groups in total. The van der Waals surface area contributed by atoms with Crippen LogP contribution in [0.2, 0.25) is 0 Å². The first kappa shape index (κ1) is 16.5. The number of nitrogens with one attached hydrogen (secondary N) is 1. The van der Waals surface area contributed by atoms with Crippen LogP contribution in [0.25, 0.3) is 0 Å². The zero-order chi connectivity index (χ0) is 17.5. The monoisotopic (exact) mass is 363 g/mol. The molecule has 0 aliphatic heterocycles. The van der Waals surface area contributed by atoms with E-state index in [-0.39, 0.29) is 4.90 Å². The summed E-state index contributed by atoms with van der Waals surface area (Å²) >= 11 is 0. The van der Waals surface area contributed by atoms with Crippen molar-refractivity contribution in [1.29, 1.82) is 0 Å². The van der Waals surface area contributed by atoms with E-state index in [2.05, 4.69) is 14.9 Å². The van der Waals surface area contributed by atoms with Crippen molar-refractivity contribution in [2.75, 3.05) is 7.11 Å². The molecule has 8 heteroatoms. The van der Waals surface area contributed by atoms with E-state index >= 15 is 0 Å². The summed E-state index contributed by atoms with van der Waals surface area (Å²) in [5.74, 6) is 2.05. The van der Waals surface area contributed by atoms with Crippen LogP contribution < -0.4 is 9.46 Å². The Morgan fingerprint density at radius 3 is 2.48 bits per heavy atom. The fraction of sp³-hybridized carbons (Fsp3) is 0.529. The van der Waals surface area contributed by atoms with Crippen molar-refractivity contribution in [3.63, 3.8) is 0 Å². The van der Waals surface area contributed by atoms with Gasteiger partial charge in [0.2, 0.25) is 15.9 Å². The van der Waals surface area contributed by atoms with Crippen molar-refractivity contribution < 1.29 is 17.7 Å². The predicted molar refractivity (Wildman–Crippen MR) is 89.7 cm³/mol. The van der Waals surface area contributed by atoms with E-state index < -0.39 is 15.6 Å². The van der Waals surface area contributed by atoms with Crippen LogP contribution in [0, 0.1) is 0 Å². The minimum absolute atomic E-state index is 0.200. The van der Waals surface area contributed by atoms with E-state index in [0.717, 1.165) is 25.7 Å². The number of aromatic nitrogens is 2. The van der Waals surface area contributed by atoms with E-state index in [4.69, 9.17) is 9.26 Å². The normalized spacial score (nSPS) is 19.9. The zero-order valence-corrected chi connectivity index (χ0v) is 14.9. The summed E-state index contributed by atoms with van der Waals surface area (Å²) in [6, 6.07) is 6.34. The molecule has 2 saturated carbocycles. The lowest BCUT2D eigenvalue weighted by Crippen LogP contribution is -2.44. The highest BCUT2D eigenvalue weighted by atomic mass is 32.2. The van der Waals surface area contributed by atoms with Gasteiger partial charge in [0, 0.05) is 5.92 Å². The summed E-state index contributed by atoms with van der Waals surface area (Å²) in [4.78, 5) is 4.71. The summed E-state index contributed by atoms with van der Waals surface area (Å²) in [6.07, 6.45) is 5.33. The van der Waals surface area contributed by atoms with Gasteiger partial charge >= 0.3 is 0 Å². The van der Waals surface area contributed by atoms with Crippen LogP contribution in [0.4, 0.5) is 0 Å². The Hall–Kier alpha value is -1.93. The predicted octanol–water partition coefficient (Wildman–Crippen LogP) is 2.70. The van der Waals surface area contributed by atoms with Gasteiger partial charge in [-0.3, -0.25) is 0 Å². The molecule has 7 nitrogen and oxygen atoms in total. The molecular formula is C17H21N3O4S. The molecule has 2 aliphatic carbocycles. The molecule has 1 heterocycles. The number of nitrogens with zero attached hydrogens (tertiary/aromatic N) is 2. The molecule has 0 atom stereocenters. The first-order valence-corrected chi connectivity index (χ1v) is 10.0. The van der Waals surface area contributed by atoms with Crippen LogP contribution in [0.5, 0.6) is 5.75 Å². The van der Waals surface area contributed by atoms with E-state index in [1.165, 1.54) is 12.1 Å². The average molecular weight is 363 g/mol. The number of rotatable bonds is 6. The molecule has 2 aromatic rings. The van der Waals surface area contributed by atoms with Crippen molar-refractivity contribution in [2.45, 2.75) is 54.9 Å². The SMILES string of the molecule is COc1ccc(S(=O)(=O)NC2(c3noc(C4CC4)n3)CCCC2)cc1. The Labute approximate surface area is 146 Å². The van der Waals surface area contributed by atoms with Crippen LogP contribution >= 0.6 is 0 Å². The molecule has 0 radical (unpaired) electrons. The number of sulfonamides is 1. The third kappa shape index (κ3) is 3.16. The lowest BCUT2D eigenvalue weighted by atomic mass is 9.98. The average Bonchev–Trinajstić information content (AvgIpc) is 3.15. The fourth-order valence-corrected chi connectivity index (χ4v) is 4.77. The van der Waals surface area contributed by atoms with E-state index in [1.807, 2.05) is 0 Å². The van der Waals surface area contributed by atoms with Gasteiger partial charge in [-0.15, -0.1) is 0 Å². The molecule has 1 aromatic heterocycles. The summed E-state index contributed by atoms with van der Waals surface area (Å²) < 4.78 is 39.1. The van der Waals surface area contributed by atoms with Gasteiger partial charge in [-0.2, -0.15) is 9.71 Å². The molecule has 0 amide bonds. The fourth-order valence-electron chi connectivity index (χ4n) is 3.35. The summed E-state index contributed by atoms with van der Waals surface area (Å²) in [6.45, 7) is 0. The minimum Gasteiger partial charge on any atom is -0.497 e. The lowest BCUT2D eigenvalue weighted by Gasteiger charge is -2.26. The Balaban J connectivity index is 1.63. The highest BCUT2D eigenvalue weighted by molar-refractivity contribution is 7.89. The second kappa shape index (κ2) is 6.10. The Morgan fingerprint density at radius 2 is 1.88 bits per heavy atom. The molecule has 0 spiro atoms. The molecule has 1 aromatic carbocycles. The largest absolute Gasteiger partial charge is 0.497 e. The van der Waals surface area contributed by atoms with Gasteiger partial charge < -0.3 is 9.26 Å². The maximum Gasteiger partial charge on any atom is 0.241 e. The highest BCUT2D eigenvalue weighted by Crippen LogP contribution is 2.42. The van der Waals surface area contributed by atoms with E-state index in [0.29, 0.717) is 36.2 Å². The maximum absolute atomic E-state index is 12.9. The van der Waals surface area contributed by atoms with E-state index in [1.54, 1.807) is 19.2 Å². The van der Waals surface area contributed by atoms with Gasteiger partial charge in [-0.25, -0.2) is 8.42 Å². The molecule has 0 saturated heterocycles. The highest BCUT2D eigenvalue weighted by Gasteiger charge is 2.44. The number of methoxy groups -OCH3 is 1. The molecule has 0 bridgehead atoms. The Kier molecular flexibility index (Phi) is 4.04. The lowest BCUT2D eigenvalue weighted by molar-refractivity contribution is 0.333. The Bertz CT molecular complexity index is 850. The van der Waals surface area contributed by atoms with E-state index in [9.17, 15) is 8.42 Å². The van der Waals surface area contributed by atoms with Crippen molar-refractivity contribution >= 4 is 10.0 Å². The van der Waals surface area contributed by atoms with Gasteiger partial charge in [0.25, 0.3) is 0 Å². The van der Waals surface area contributed by atoms with Gasteiger partial charge in [-0.1, -0.05) is 18.0 Å².